The highest BCUT2D eigenvalue weighted by molar-refractivity contribution is 6.08. The van der Waals surface area contributed by atoms with Gasteiger partial charge in [-0.15, -0.1) is 0 Å². The predicted molar refractivity (Wildman–Crippen MR) is 124 cm³/mol. The van der Waals surface area contributed by atoms with Gasteiger partial charge in [0.15, 0.2) is 5.76 Å². The maximum atomic E-state index is 13.3. The number of carbonyl (C=O) groups is 1. The number of nitrogens with zero attached hydrogens (tertiary/aromatic N) is 2. The lowest BCUT2D eigenvalue weighted by atomic mass is 10.1. The Balaban J connectivity index is 1.37. The molecular weight excluding hydrogens is 405 g/mol. The topological polar surface area (TPSA) is 59.5 Å². The fourth-order valence-corrected chi connectivity index (χ4v) is 4.03. The number of aryl methyl sites for hydroxylation is 1. The second-order valence-corrected chi connectivity index (χ2v) is 7.65. The number of fused-ring (bicyclic) bond motifs is 3. The van der Waals surface area contributed by atoms with Gasteiger partial charge in [-0.3, -0.25) is 4.79 Å². The monoisotopic (exact) mass is 425 g/mol. The molecule has 2 heterocycles. The van der Waals surface area contributed by atoms with Gasteiger partial charge in [0, 0.05) is 28.0 Å². The minimum Gasteiger partial charge on any atom is -0.451 e. The molecule has 3 aromatic carbocycles. The van der Waals surface area contributed by atoms with Crippen LogP contribution in [0.1, 0.15) is 27.5 Å². The van der Waals surface area contributed by atoms with Gasteiger partial charge in [0.05, 0.1) is 6.21 Å². The Kier molecular flexibility index (Phi) is 4.82. The molecule has 0 aliphatic carbocycles. The zero-order chi connectivity index (χ0) is 22.2. The number of nitrogens with one attached hydrogen (secondary N) is 1. The fourth-order valence-electron chi connectivity index (χ4n) is 4.03. The number of hydrazone groups is 1. The molecule has 0 radical (unpaired) electrons. The highest BCUT2D eigenvalue weighted by atomic mass is 19.1. The van der Waals surface area contributed by atoms with Crippen LogP contribution in [0.5, 0.6) is 0 Å². The van der Waals surface area contributed by atoms with Crippen LogP contribution in [-0.2, 0) is 0 Å². The summed E-state index contributed by atoms with van der Waals surface area (Å²) in [7, 11) is 0. The van der Waals surface area contributed by atoms with E-state index in [2.05, 4.69) is 10.5 Å². The summed E-state index contributed by atoms with van der Waals surface area (Å²) < 4.78 is 21.0. The standard InChI is InChI=1S/C26H20FN3O2/c1-16-13-19(17(2)30(16)21-10-8-20(27)9-11-21)15-28-29-26(31)25-14-23-22-6-4-3-5-18(22)7-12-24(23)32-25/h3-15H,1-2H3,(H,29,31)/b28-15-. The van der Waals surface area contributed by atoms with Gasteiger partial charge in [0.1, 0.15) is 11.4 Å². The molecule has 1 amide bonds. The first-order valence-corrected chi connectivity index (χ1v) is 10.2. The van der Waals surface area contributed by atoms with Crippen LogP contribution in [0.25, 0.3) is 27.4 Å². The van der Waals surface area contributed by atoms with Crippen molar-refractivity contribution in [3.8, 4) is 5.69 Å². The van der Waals surface area contributed by atoms with Gasteiger partial charge in [0.25, 0.3) is 0 Å². The molecule has 32 heavy (non-hydrogen) atoms. The van der Waals surface area contributed by atoms with E-state index in [0.29, 0.717) is 5.58 Å². The average Bonchev–Trinajstić information content (AvgIpc) is 3.36. The van der Waals surface area contributed by atoms with Crippen LogP contribution in [0.2, 0.25) is 0 Å². The lowest BCUT2D eigenvalue weighted by Crippen LogP contribution is -2.16. The Bertz CT molecular complexity index is 1490. The van der Waals surface area contributed by atoms with E-state index in [1.807, 2.05) is 60.9 Å². The highest BCUT2D eigenvalue weighted by Crippen LogP contribution is 2.28. The molecule has 0 aliphatic heterocycles. The molecule has 5 nitrogen and oxygen atoms in total. The quantitative estimate of drug-likeness (QED) is 0.288. The molecular formula is C26H20FN3O2. The number of hydrogen-bond donors (Lipinski definition) is 1. The summed E-state index contributed by atoms with van der Waals surface area (Å²) in [6.07, 6.45) is 1.60. The van der Waals surface area contributed by atoms with E-state index in [4.69, 9.17) is 4.42 Å². The van der Waals surface area contributed by atoms with Crippen molar-refractivity contribution in [2.45, 2.75) is 13.8 Å². The van der Waals surface area contributed by atoms with E-state index in [0.717, 1.165) is 38.8 Å². The summed E-state index contributed by atoms with van der Waals surface area (Å²) in [5.74, 6) is -0.501. The van der Waals surface area contributed by atoms with Gasteiger partial charge >= 0.3 is 5.91 Å². The maximum Gasteiger partial charge on any atom is 0.307 e. The normalized spacial score (nSPS) is 11.6. The van der Waals surface area contributed by atoms with Crippen molar-refractivity contribution < 1.29 is 13.6 Å². The molecule has 0 spiro atoms. The number of aromatic nitrogens is 1. The van der Waals surface area contributed by atoms with Crippen molar-refractivity contribution in [2.75, 3.05) is 0 Å². The summed E-state index contributed by atoms with van der Waals surface area (Å²) in [4.78, 5) is 12.6. The Labute approximate surface area is 183 Å². The number of halogens is 1. The van der Waals surface area contributed by atoms with Gasteiger partial charge in [0.2, 0.25) is 0 Å². The molecule has 0 fully saturated rings. The van der Waals surface area contributed by atoms with Crippen LogP contribution in [0.3, 0.4) is 0 Å². The number of amides is 1. The molecule has 6 heteroatoms. The van der Waals surface area contributed by atoms with Crippen molar-refractivity contribution in [3.63, 3.8) is 0 Å². The zero-order valence-corrected chi connectivity index (χ0v) is 17.6. The van der Waals surface area contributed by atoms with Crippen molar-refractivity contribution in [1.29, 1.82) is 0 Å². The fraction of sp³-hybridized carbons (Fsp3) is 0.0769. The second-order valence-electron chi connectivity index (χ2n) is 7.65. The number of carbonyl (C=O) groups excluding carboxylic acids is 1. The molecule has 0 saturated heterocycles. The molecule has 2 aromatic heterocycles. The van der Waals surface area contributed by atoms with Crippen LogP contribution in [0, 0.1) is 19.7 Å². The van der Waals surface area contributed by atoms with Crippen LogP contribution in [-0.4, -0.2) is 16.7 Å². The average molecular weight is 425 g/mol. The van der Waals surface area contributed by atoms with Gasteiger partial charge in [-0.25, -0.2) is 9.82 Å². The number of benzene rings is 3. The summed E-state index contributed by atoms with van der Waals surface area (Å²) in [6.45, 7) is 3.91. The molecule has 158 valence electrons. The lowest BCUT2D eigenvalue weighted by Gasteiger charge is -2.09. The minimum atomic E-state index is -0.422. The van der Waals surface area contributed by atoms with Gasteiger partial charge in [-0.2, -0.15) is 5.10 Å². The Morgan fingerprint density at radius 2 is 1.78 bits per heavy atom. The zero-order valence-electron chi connectivity index (χ0n) is 17.6. The largest absolute Gasteiger partial charge is 0.451 e. The SMILES string of the molecule is Cc1cc(/C=N\NC(=O)c2cc3c(ccc4ccccc43)o2)c(C)n1-c1ccc(F)cc1. The first kappa shape index (κ1) is 19.8. The van der Waals surface area contributed by atoms with E-state index in [9.17, 15) is 9.18 Å². The van der Waals surface area contributed by atoms with Crippen molar-refractivity contribution >= 4 is 33.9 Å². The van der Waals surface area contributed by atoms with Crippen molar-refractivity contribution in [3.05, 3.63) is 101 Å². The third kappa shape index (κ3) is 3.46. The summed E-state index contributed by atoms with van der Waals surface area (Å²) >= 11 is 0. The molecule has 0 bridgehead atoms. The second kappa shape index (κ2) is 7.81. The van der Waals surface area contributed by atoms with Crippen molar-refractivity contribution in [2.24, 2.45) is 5.10 Å². The molecule has 0 unspecified atom stereocenters. The summed E-state index contributed by atoms with van der Waals surface area (Å²) in [6, 6.07) is 21.8. The highest BCUT2D eigenvalue weighted by Gasteiger charge is 2.14. The molecule has 0 aliphatic rings. The molecule has 0 atom stereocenters. The summed E-state index contributed by atoms with van der Waals surface area (Å²) in [5, 5.41) is 7.12. The smallest absolute Gasteiger partial charge is 0.307 e. The molecule has 5 rings (SSSR count). The first-order chi connectivity index (χ1) is 15.5. The first-order valence-electron chi connectivity index (χ1n) is 10.2. The third-order valence-electron chi connectivity index (χ3n) is 5.57. The Morgan fingerprint density at radius 3 is 2.59 bits per heavy atom. The molecule has 1 N–H and O–H groups in total. The van der Waals surface area contributed by atoms with Crippen LogP contribution < -0.4 is 5.43 Å². The number of rotatable bonds is 4. The van der Waals surface area contributed by atoms with E-state index in [1.165, 1.54) is 12.1 Å². The summed E-state index contributed by atoms with van der Waals surface area (Å²) in [5.41, 5.74) is 6.81. The number of hydrogen-bond acceptors (Lipinski definition) is 3. The van der Waals surface area contributed by atoms with Crippen LogP contribution in [0.4, 0.5) is 4.39 Å². The Morgan fingerprint density at radius 1 is 1.00 bits per heavy atom. The van der Waals surface area contributed by atoms with Gasteiger partial charge in [-0.05, 0) is 67.1 Å². The lowest BCUT2D eigenvalue weighted by molar-refractivity contribution is 0.0929. The predicted octanol–water partition coefficient (Wildman–Crippen LogP) is 5.90. The van der Waals surface area contributed by atoms with E-state index >= 15 is 0 Å². The maximum absolute atomic E-state index is 13.3. The van der Waals surface area contributed by atoms with Gasteiger partial charge in [-0.1, -0.05) is 30.3 Å². The van der Waals surface area contributed by atoms with Crippen molar-refractivity contribution in [1.82, 2.24) is 9.99 Å². The van der Waals surface area contributed by atoms with E-state index in [-0.39, 0.29) is 11.6 Å². The number of furan rings is 1. The van der Waals surface area contributed by atoms with Crippen LogP contribution in [0.15, 0.2) is 82.3 Å². The Hall–Kier alpha value is -4.19. The third-order valence-corrected chi connectivity index (χ3v) is 5.57. The minimum absolute atomic E-state index is 0.199. The van der Waals surface area contributed by atoms with E-state index in [1.54, 1.807) is 24.4 Å². The molecule has 0 saturated carbocycles. The van der Waals surface area contributed by atoms with Crippen LogP contribution >= 0.6 is 0 Å². The molecule has 5 aromatic rings. The van der Waals surface area contributed by atoms with E-state index < -0.39 is 5.91 Å². The van der Waals surface area contributed by atoms with Gasteiger partial charge < -0.3 is 8.98 Å².